The summed E-state index contributed by atoms with van der Waals surface area (Å²) in [6.07, 6.45) is 0.0750. The Labute approximate surface area is 75.5 Å². The molecule has 0 saturated heterocycles. The summed E-state index contributed by atoms with van der Waals surface area (Å²) >= 11 is 0. The van der Waals surface area contributed by atoms with Crippen LogP contribution < -0.4 is 11.5 Å². The summed E-state index contributed by atoms with van der Waals surface area (Å²) in [4.78, 5) is 10.5. The molecule has 3 nitrogen and oxygen atoms in total. The average molecular weight is 182 g/mol. The third-order valence-electron chi connectivity index (χ3n) is 1.72. The standard InChI is InChI=1S/C9H11FN2O/c10-7-3-1-6(2-4-7)8(11)5-9(12)13/h1-4,8H,5,11H2,(H2,12,13)/t8-/m0/s1. The molecule has 0 saturated carbocycles. The van der Waals surface area contributed by atoms with E-state index in [4.69, 9.17) is 11.5 Å². The lowest BCUT2D eigenvalue weighted by Gasteiger charge is -2.08. The molecule has 0 spiro atoms. The number of hydrogen-bond donors (Lipinski definition) is 2. The largest absolute Gasteiger partial charge is 0.370 e. The van der Waals surface area contributed by atoms with Gasteiger partial charge >= 0.3 is 0 Å². The van der Waals surface area contributed by atoms with Crippen molar-refractivity contribution in [1.82, 2.24) is 0 Å². The van der Waals surface area contributed by atoms with Gasteiger partial charge in [0, 0.05) is 12.5 Å². The Kier molecular flexibility index (Phi) is 2.97. The molecule has 0 heterocycles. The van der Waals surface area contributed by atoms with E-state index >= 15 is 0 Å². The zero-order valence-corrected chi connectivity index (χ0v) is 7.03. The van der Waals surface area contributed by atoms with E-state index in [1.807, 2.05) is 0 Å². The van der Waals surface area contributed by atoms with E-state index in [0.29, 0.717) is 5.56 Å². The first kappa shape index (κ1) is 9.67. The maximum absolute atomic E-state index is 12.5. The number of amides is 1. The number of rotatable bonds is 3. The molecule has 0 unspecified atom stereocenters. The summed E-state index contributed by atoms with van der Waals surface area (Å²) in [5, 5.41) is 0. The molecule has 0 aliphatic heterocycles. The van der Waals surface area contributed by atoms with Crippen LogP contribution in [-0.4, -0.2) is 5.91 Å². The Bertz CT molecular complexity index is 297. The van der Waals surface area contributed by atoms with Crippen LogP contribution in [0.4, 0.5) is 4.39 Å². The number of carbonyl (C=O) groups is 1. The maximum atomic E-state index is 12.5. The van der Waals surface area contributed by atoms with Crippen molar-refractivity contribution in [3.63, 3.8) is 0 Å². The molecule has 1 rings (SSSR count). The Morgan fingerprint density at radius 1 is 1.38 bits per heavy atom. The number of carbonyl (C=O) groups excluding carboxylic acids is 1. The predicted molar refractivity (Wildman–Crippen MR) is 47.1 cm³/mol. The van der Waals surface area contributed by atoms with Crippen LogP contribution >= 0.6 is 0 Å². The summed E-state index contributed by atoms with van der Waals surface area (Å²) in [5.74, 6) is -0.785. The van der Waals surface area contributed by atoms with Crippen LogP contribution in [0.15, 0.2) is 24.3 Å². The van der Waals surface area contributed by atoms with E-state index in [1.54, 1.807) is 12.1 Å². The quantitative estimate of drug-likeness (QED) is 0.722. The third kappa shape index (κ3) is 2.83. The van der Waals surface area contributed by atoms with E-state index < -0.39 is 11.9 Å². The molecule has 1 aromatic carbocycles. The summed E-state index contributed by atoms with van der Waals surface area (Å²) in [7, 11) is 0. The zero-order valence-electron chi connectivity index (χ0n) is 7.03. The molecule has 0 bridgehead atoms. The van der Waals surface area contributed by atoms with Crippen molar-refractivity contribution in [3.05, 3.63) is 35.6 Å². The molecule has 0 aliphatic carbocycles. The van der Waals surface area contributed by atoms with Crippen molar-refractivity contribution in [1.29, 1.82) is 0 Å². The summed E-state index contributed by atoms with van der Waals surface area (Å²) in [6, 6.07) is 5.25. The van der Waals surface area contributed by atoms with Crippen LogP contribution in [0.3, 0.4) is 0 Å². The van der Waals surface area contributed by atoms with Crippen molar-refractivity contribution in [3.8, 4) is 0 Å². The summed E-state index contributed by atoms with van der Waals surface area (Å²) in [6.45, 7) is 0. The van der Waals surface area contributed by atoms with Crippen molar-refractivity contribution < 1.29 is 9.18 Å². The van der Waals surface area contributed by atoms with E-state index in [2.05, 4.69) is 0 Å². The molecule has 0 radical (unpaired) electrons. The second kappa shape index (κ2) is 4.00. The first-order valence-corrected chi connectivity index (χ1v) is 3.89. The van der Waals surface area contributed by atoms with Crippen LogP contribution in [-0.2, 0) is 4.79 Å². The topological polar surface area (TPSA) is 69.1 Å². The van der Waals surface area contributed by atoms with Crippen LogP contribution in [0.25, 0.3) is 0 Å². The molecule has 0 aliphatic rings. The Morgan fingerprint density at radius 2 is 1.92 bits per heavy atom. The summed E-state index contributed by atoms with van der Waals surface area (Å²) < 4.78 is 12.5. The van der Waals surface area contributed by atoms with Gasteiger partial charge in [-0.15, -0.1) is 0 Å². The first-order chi connectivity index (χ1) is 6.09. The second-order valence-corrected chi connectivity index (χ2v) is 2.83. The molecule has 0 aromatic heterocycles. The smallest absolute Gasteiger partial charge is 0.219 e. The normalized spacial score (nSPS) is 12.5. The van der Waals surface area contributed by atoms with Crippen molar-refractivity contribution in [2.45, 2.75) is 12.5 Å². The van der Waals surface area contributed by atoms with Gasteiger partial charge in [-0.3, -0.25) is 4.79 Å². The minimum atomic E-state index is -0.461. The van der Waals surface area contributed by atoms with E-state index in [0.717, 1.165) is 0 Å². The first-order valence-electron chi connectivity index (χ1n) is 3.89. The van der Waals surface area contributed by atoms with Gasteiger partial charge in [-0.05, 0) is 17.7 Å². The number of benzene rings is 1. The molecule has 0 fully saturated rings. The van der Waals surface area contributed by atoms with Crippen molar-refractivity contribution >= 4 is 5.91 Å². The number of primary amides is 1. The van der Waals surface area contributed by atoms with Crippen molar-refractivity contribution in [2.75, 3.05) is 0 Å². The van der Waals surface area contributed by atoms with Gasteiger partial charge in [-0.25, -0.2) is 4.39 Å². The summed E-state index contributed by atoms with van der Waals surface area (Å²) in [5.41, 5.74) is 11.3. The molecule has 70 valence electrons. The van der Waals surface area contributed by atoms with Gasteiger partial charge in [0.05, 0.1) is 0 Å². The fourth-order valence-corrected chi connectivity index (χ4v) is 1.04. The second-order valence-electron chi connectivity index (χ2n) is 2.83. The lowest BCUT2D eigenvalue weighted by Crippen LogP contribution is -2.20. The highest BCUT2D eigenvalue weighted by molar-refractivity contribution is 5.74. The Morgan fingerprint density at radius 3 is 2.38 bits per heavy atom. The van der Waals surface area contributed by atoms with Gasteiger partial charge in [-0.2, -0.15) is 0 Å². The van der Waals surface area contributed by atoms with Crippen LogP contribution in [0.5, 0.6) is 0 Å². The predicted octanol–water partition coefficient (Wildman–Crippen LogP) is 0.701. The molecule has 4 N–H and O–H groups in total. The Hall–Kier alpha value is -1.42. The van der Waals surface area contributed by atoms with Gasteiger partial charge in [-0.1, -0.05) is 12.1 Å². The van der Waals surface area contributed by atoms with Crippen LogP contribution in [0.1, 0.15) is 18.0 Å². The zero-order chi connectivity index (χ0) is 9.84. The van der Waals surface area contributed by atoms with E-state index in [9.17, 15) is 9.18 Å². The fourth-order valence-electron chi connectivity index (χ4n) is 1.04. The van der Waals surface area contributed by atoms with Gasteiger partial charge in [0.25, 0.3) is 0 Å². The average Bonchev–Trinajstić information content (AvgIpc) is 2.04. The lowest BCUT2D eigenvalue weighted by atomic mass is 10.0. The van der Waals surface area contributed by atoms with Crippen molar-refractivity contribution in [2.24, 2.45) is 11.5 Å². The van der Waals surface area contributed by atoms with E-state index in [1.165, 1.54) is 12.1 Å². The molecule has 4 heteroatoms. The van der Waals surface area contributed by atoms with Crippen LogP contribution in [0.2, 0.25) is 0 Å². The lowest BCUT2D eigenvalue weighted by molar-refractivity contribution is -0.118. The van der Waals surface area contributed by atoms with E-state index in [-0.39, 0.29) is 12.2 Å². The van der Waals surface area contributed by atoms with Crippen LogP contribution in [0, 0.1) is 5.82 Å². The number of nitrogens with two attached hydrogens (primary N) is 2. The number of halogens is 1. The highest BCUT2D eigenvalue weighted by atomic mass is 19.1. The molecule has 13 heavy (non-hydrogen) atoms. The molecular weight excluding hydrogens is 171 g/mol. The molecular formula is C9H11FN2O. The Balaban J connectivity index is 2.71. The molecule has 1 atom stereocenters. The highest BCUT2D eigenvalue weighted by Crippen LogP contribution is 2.13. The SMILES string of the molecule is NC(=O)C[C@H](N)c1ccc(F)cc1. The minimum absolute atomic E-state index is 0.0750. The maximum Gasteiger partial charge on any atom is 0.219 e. The number of hydrogen-bond acceptors (Lipinski definition) is 2. The fraction of sp³-hybridized carbons (Fsp3) is 0.222. The minimum Gasteiger partial charge on any atom is -0.370 e. The van der Waals surface area contributed by atoms with Gasteiger partial charge in [0.2, 0.25) is 5.91 Å². The monoisotopic (exact) mass is 182 g/mol. The molecule has 1 amide bonds. The molecule has 1 aromatic rings. The van der Waals surface area contributed by atoms with Gasteiger partial charge < -0.3 is 11.5 Å². The van der Waals surface area contributed by atoms with Gasteiger partial charge in [0.15, 0.2) is 0 Å². The third-order valence-corrected chi connectivity index (χ3v) is 1.72. The van der Waals surface area contributed by atoms with Gasteiger partial charge in [0.1, 0.15) is 5.82 Å². The highest BCUT2D eigenvalue weighted by Gasteiger charge is 2.08.